The summed E-state index contributed by atoms with van der Waals surface area (Å²) in [6, 6.07) is 24.8. The number of unbranched alkanes of at least 4 members (excludes halogenated alkanes) is 1. The highest BCUT2D eigenvalue weighted by Crippen LogP contribution is 2.43. The van der Waals surface area contributed by atoms with Crippen LogP contribution in [0, 0.1) is 5.41 Å². The first-order chi connectivity index (χ1) is 24.4. The molecule has 5 rings (SSSR count). The first-order valence-corrected chi connectivity index (χ1v) is 19.9. The molecule has 1 heterocycles. The minimum atomic E-state index is -3.08. The van der Waals surface area contributed by atoms with Crippen LogP contribution >= 0.6 is 0 Å². The van der Waals surface area contributed by atoms with Crippen LogP contribution in [0.2, 0.25) is 0 Å². The molecule has 1 aliphatic heterocycles. The van der Waals surface area contributed by atoms with Gasteiger partial charge in [0, 0.05) is 42.9 Å². The number of nitrogens with zero attached hydrogens (tertiary/aromatic N) is 2. The van der Waals surface area contributed by atoms with Crippen LogP contribution in [0.3, 0.4) is 0 Å². The van der Waals surface area contributed by atoms with E-state index in [4.69, 9.17) is 4.74 Å². The number of rotatable bonds is 15. The molecular weight excluding hydrogens is 667 g/mol. The number of sulfone groups is 1. The van der Waals surface area contributed by atoms with Gasteiger partial charge in [0.2, 0.25) is 11.8 Å². The number of carbonyl (C=O) groups excluding carboxylic acids is 4. The van der Waals surface area contributed by atoms with Crippen molar-refractivity contribution in [2.45, 2.75) is 89.9 Å². The highest BCUT2D eigenvalue weighted by atomic mass is 32.2. The first kappa shape index (κ1) is 37.7. The fourth-order valence-electron chi connectivity index (χ4n) is 7.56. The summed E-state index contributed by atoms with van der Waals surface area (Å²) in [5, 5.41) is 3.00. The van der Waals surface area contributed by atoms with E-state index in [0.29, 0.717) is 44.2 Å². The summed E-state index contributed by atoms with van der Waals surface area (Å²) in [6.45, 7) is 3.37. The molecule has 0 spiro atoms. The molecule has 1 saturated heterocycles. The van der Waals surface area contributed by atoms with Gasteiger partial charge in [0.25, 0.3) is 5.91 Å². The van der Waals surface area contributed by atoms with E-state index < -0.39 is 39.5 Å². The fraction of sp³-hybridized carbons (Fsp3) is 0.450. The third-order valence-electron chi connectivity index (χ3n) is 10.1. The number of nitrogens with one attached hydrogen (secondary N) is 1. The summed E-state index contributed by atoms with van der Waals surface area (Å²) in [7, 11) is -3.08. The monoisotopic (exact) mass is 715 g/mol. The van der Waals surface area contributed by atoms with Crippen LogP contribution in [0.4, 0.5) is 5.69 Å². The number of esters is 1. The number of hydrogen-bond acceptors (Lipinski definition) is 7. The molecule has 3 unspecified atom stereocenters. The van der Waals surface area contributed by atoms with Crippen LogP contribution in [0.15, 0.2) is 84.9 Å². The Morgan fingerprint density at radius 2 is 1.53 bits per heavy atom. The third-order valence-corrected chi connectivity index (χ3v) is 11.1. The maximum atomic E-state index is 14.2. The molecule has 10 nitrogen and oxygen atoms in total. The molecule has 2 aliphatic rings. The summed E-state index contributed by atoms with van der Waals surface area (Å²) in [5.41, 5.74) is 2.48. The molecule has 1 N–H and O–H groups in total. The van der Waals surface area contributed by atoms with Crippen molar-refractivity contribution in [3.63, 3.8) is 0 Å². The minimum Gasteiger partial charge on any atom is -0.464 e. The van der Waals surface area contributed by atoms with Crippen LogP contribution < -0.4 is 10.2 Å². The number of amides is 3. The van der Waals surface area contributed by atoms with Crippen molar-refractivity contribution in [3.8, 4) is 0 Å². The average molecular weight is 716 g/mol. The van der Waals surface area contributed by atoms with Gasteiger partial charge in [-0.25, -0.2) is 13.2 Å². The molecule has 2 fully saturated rings. The molecule has 51 heavy (non-hydrogen) atoms. The summed E-state index contributed by atoms with van der Waals surface area (Å²) >= 11 is 0. The molecule has 3 atom stereocenters. The molecule has 3 amide bonds. The summed E-state index contributed by atoms with van der Waals surface area (Å²) in [5.74, 6) is -1.04. The highest BCUT2D eigenvalue weighted by Gasteiger charge is 2.48. The van der Waals surface area contributed by atoms with Gasteiger partial charge in [-0.15, -0.1) is 0 Å². The zero-order valence-electron chi connectivity index (χ0n) is 29.8. The second-order valence-electron chi connectivity index (χ2n) is 13.8. The average Bonchev–Trinajstić information content (AvgIpc) is 3.71. The van der Waals surface area contributed by atoms with Gasteiger partial charge in [-0.3, -0.25) is 19.3 Å². The molecule has 3 aromatic carbocycles. The van der Waals surface area contributed by atoms with E-state index in [1.807, 2.05) is 84.9 Å². The normalized spacial score (nSPS) is 19.2. The van der Waals surface area contributed by atoms with Crippen molar-refractivity contribution in [2.75, 3.05) is 23.5 Å². The maximum Gasteiger partial charge on any atom is 0.328 e. The van der Waals surface area contributed by atoms with Crippen molar-refractivity contribution >= 4 is 39.2 Å². The zero-order chi connectivity index (χ0) is 36.6. The Morgan fingerprint density at radius 1 is 0.902 bits per heavy atom. The predicted molar refractivity (Wildman–Crippen MR) is 196 cm³/mol. The molecule has 3 aromatic rings. The first-order valence-electron chi connectivity index (χ1n) is 17.9. The number of hydrogen-bond donors (Lipinski definition) is 1. The summed E-state index contributed by atoms with van der Waals surface area (Å²) < 4.78 is 28.7. The van der Waals surface area contributed by atoms with E-state index in [9.17, 15) is 27.6 Å². The molecule has 0 radical (unpaired) electrons. The molecular formula is C40H49N3O7S. The Kier molecular flexibility index (Phi) is 12.3. The summed E-state index contributed by atoms with van der Waals surface area (Å²) in [4.78, 5) is 57.8. The molecule has 1 aliphatic carbocycles. The lowest BCUT2D eigenvalue weighted by Crippen LogP contribution is -2.49. The standard InChI is InChI=1S/C40H49N3O7S/c1-4-50-38(46)34(41-39(47)40(23-11-12-24-40)25-13-14-26-51(3,48)49)27-31-19-21-33(22-20-31)43-36(32-17-9-6-10-18-32)42(29(2)44)35(37(43)45)28-30-15-7-5-8-16-30/h5-10,15-22,34-36H,4,11-14,23-28H2,1-3H3,(H,41,47). The second kappa shape index (κ2) is 16.7. The third kappa shape index (κ3) is 9.24. The van der Waals surface area contributed by atoms with Gasteiger partial charge in [0.1, 0.15) is 28.1 Å². The Labute approximate surface area is 301 Å². The van der Waals surface area contributed by atoms with E-state index in [1.165, 1.54) is 13.2 Å². The smallest absolute Gasteiger partial charge is 0.328 e. The minimum absolute atomic E-state index is 0.0851. The molecule has 11 heteroatoms. The van der Waals surface area contributed by atoms with E-state index in [-0.39, 0.29) is 36.5 Å². The SMILES string of the molecule is CCOC(=O)C(Cc1ccc(N2C(=O)C(Cc3ccccc3)N(C(C)=O)C2c2ccccc2)cc1)NC(=O)C1(CCCCS(C)(=O)=O)CCCC1. The van der Waals surface area contributed by atoms with Crippen LogP contribution in [0.25, 0.3) is 0 Å². The largest absolute Gasteiger partial charge is 0.464 e. The Balaban J connectivity index is 1.38. The van der Waals surface area contributed by atoms with Gasteiger partial charge in [0.15, 0.2) is 0 Å². The number of carbonyl (C=O) groups is 4. The lowest BCUT2D eigenvalue weighted by atomic mass is 9.80. The molecule has 272 valence electrons. The fourth-order valence-corrected chi connectivity index (χ4v) is 8.29. The van der Waals surface area contributed by atoms with Crippen LogP contribution in [-0.2, 0) is 46.6 Å². The molecule has 0 bridgehead atoms. The van der Waals surface area contributed by atoms with Crippen molar-refractivity contribution in [1.29, 1.82) is 0 Å². The second-order valence-corrected chi connectivity index (χ2v) is 16.1. The Bertz CT molecular complexity index is 1780. The van der Waals surface area contributed by atoms with Gasteiger partial charge in [-0.05, 0) is 61.4 Å². The Hall–Kier alpha value is -4.51. The van der Waals surface area contributed by atoms with Crippen molar-refractivity contribution in [3.05, 3.63) is 102 Å². The van der Waals surface area contributed by atoms with Crippen molar-refractivity contribution < 1.29 is 32.3 Å². The zero-order valence-corrected chi connectivity index (χ0v) is 30.6. The lowest BCUT2D eigenvalue weighted by Gasteiger charge is -2.31. The van der Waals surface area contributed by atoms with E-state index >= 15 is 0 Å². The van der Waals surface area contributed by atoms with E-state index in [0.717, 1.165) is 29.5 Å². The quantitative estimate of drug-likeness (QED) is 0.161. The van der Waals surface area contributed by atoms with Crippen molar-refractivity contribution in [1.82, 2.24) is 10.2 Å². The Morgan fingerprint density at radius 3 is 2.12 bits per heavy atom. The molecule has 1 saturated carbocycles. The lowest BCUT2D eigenvalue weighted by molar-refractivity contribution is -0.148. The van der Waals surface area contributed by atoms with Crippen LogP contribution in [-0.4, -0.2) is 67.7 Å². The van der Waals surface area contributed by atoms with Gasteiger partial charge in [-0.1, -0.05) is 92.1 Å². The maximum absolute atomic E-state index is 14.2. The number of anilines is 1. The van der Waals surface area contributed by atoms with Gasteiger partial charge < -0.3 is 15.0 Å². The number of ether oxygens (including phenoxy) is 1. The topological polar surface area (TPSA) is 130 Å². The van der Waals surface area contributed by atoms with Crippen molar-refractivity contribution in [2.24, 2.45) is 5.41 Å². The van der Waals surface area contributed by atoms with Crippen LogP contribution in [0.1, 0.15) is 81.6 Å². The summed E-state index contributed by atoms with van der Waals surface area (Å²) in [6.07, 6.45) is 5.97. The number of benzene rings is 3. The van der Waals surface area contributed by atoms with Crippen LogP contribution in [0.5, 0.6) is 0 Å². The van der Waals surface area contributed by atoms with Gasteiger partial charge in [-0.2, -0.15) is 0 Å². The van der Waals surface area contributed by atoms with Gasteiger partial charge in [0.05, 0.1) is 6.61 Å². The predicted octanol–water partition coefficient (Wildman–Crippen LogP) is 5.56. The van der Waals surface area contributed by atoms with E-state index in [1.54, 1.807) is 16.7 Å². The van der Waals surface area contributed by atoms with Gasteiger partial charge >= 0.3 is 5.97 Å². The molecule has 0 aromatic heterocycles. The highest BCUT2D eigenvalue weighted by molar-refractivity contribution is 7.90. The van der Waals surface area contributed by atoms with E-state index in [2.05, 4.69) is 5.32 Å².